The number of rotatable bonds is 36. The first kappa shape index (κ1) is 51.2. The third-order valence-electron chi connectivity index (χ3n) is 10.4. The number of hydrogen-bond donors (Lipinski definition) is 6. The highest BCUT2D eigenvalue weighted by atomic mass is 16.7. The highest BCUT2D eigenvalue weighted by Gasteiger charge is 2.44. The summed E-state index contributed by atoms with van der Waals surface area (Å²) in [6.45, 7) is 3.54. The SMILES string of the molecule is CC/C=C\C/C=C\C/C=C\C/C=C\CCCCCCCCCCCCCCCCCCC(=O)NC(COC1OC(CO)C(O)C(O)C1O)C(O)CCCCC. The molecule has 0 aromatic carbocycles. The van der Waals surface area contributed by atoms with Crippen LogP contribution >= 0.6 is 0 Å². The van der Waals surface area contributed by atoms with Crippen LogP contribution in [-0.2, 0) is 14.3 Å². The maximum Gasteiger partial charge on any atom is 0.220 e. The number of carbonyl (C=O) groups excluding carboxylic acids is 1. The van der Waals surface area contributed by atoms with Gasteiger partial charge in [0.05, 0.1) is 25.4 Å². The number of carbonyl (C=O) groups is 1. The fourth-order valence-electron chi connectivity index (χ4n) is 6.86. The molecule has 0 radical (unpaired) electrons. The Hall–Kier alpha value is -1.85. The van der Waals surface area contributed by atoms with E-state index in [2.05, 4.69) is 67.8 Å². The highest BCUT2D eigenvalue weighted by molar-refractivity contribution is 5.76. The van der Waals surface area contributed by atoms with Gasteiger partial charge < -0.3 is 40.3 Å². The quantitative estimate of drug-likeness (QED) is 0.0273. The van der Waals surface area contributed by atoms with E-state index in [1.165, 1.54) is 89.9 Å². The molecule has 9 nitrogen and oxygen atoms in total. The van der Waals surface area contributed by atoms with Crippen LogP contribution < -0.4 is 5.32 Å². The topological polar surface area (TPSA) is 149 Å². The number of amides is 1. The first-order chi connectivity index (χ1) is 26.8. The first-order valence-corrected chi connectivity index (χ1v) is 22.3. The van der Waals surface area contributed by atoms with Crippen molar-refractivity contribution < 1.29 is 39.8 Å². The van der Waals surface area contributed by atoms with Crippen molar-refractivity contribution >= 4 is 5.91 Å². The van der Waals surface area contributed by atoms with Crippen LogP contribution in [0.4, 0.5) is 0 Å². The molecule has 0 aromatic rings. The summed E-state index contributed by atoms with van der Waals surface area (Å²) in [7, 11) is 0. The standard InChI is InChI=1S/C46H83NO8/c1-3-5-7-8-9-10-11-12-13-14-15-16-17-18-19-20-21-22-23-24-25-26-27-28-29-30-31-32-34-36-42(50)47-39(40(49)35-33-6-4-2)38-54-46-45(53)44(52)43(51)41(37-48)55-46/h5,7,9-10,12-13,15-16,39-41,43-46,48-49,51-53H,3-4,6,8,11,14,17-38H2,1-2H3,(H,47,50)/b7-5-,10-9-,13-12-,16-15-. The average Bonchev–Trinajstić information content (AvgIpc) is 3.18. The molecular weight excluding hydrogens is 695 g/mol. The van der Waals surface area contributed by atoms with Gasteiger partial charge >= 0.3 is 0 Å². The molecule has 9 heteroatoms. The van der Waals surface area contributed by atoms with E-state index < -0.39 is 49.5 Å². The molecule has 1 aliphatic rings. The molecule has 1 fully saturated rings. The average molecular weight is 778 g/mol. The molecule has 55 heavy (non-hydrogen) atoms. The van der Waals surface area contributed by atoms with Gasteiger partial charge in [-0.1, -0.05) is 172 Å². The van der Waals surface area contributed by atoms with Crippen molar-refractivity contribution in [1.29, 1.82) is 0 Å². The van der Waals surface area contributed by atoms with E-state index in [0.29, 0.717) is 12.8 Å². The van der Waals surface area contributed by atoms with Crippen LogP contribution in [-0.4, -0.2) is 87.5 Å². The number of aliphatic hydroxyl groups excluding tert-OH is 5. The maximum atomic E-state index is 12.8. The minimum absolute atomic E-state index is 0.143. The van der Waals surface area contributed by atoms with E-state index in [-0.39, 0.29) is 12.5 Å². The normalized spacial score (nSPS) is 21.8. The summed E-state index contributed by atoms with van der Waals surface area (Å²) >= 11 is 0. The van der Waals surface area contributed by atoms with Gasteiger partial charge in [-0.05, 0) is 51.4 Å². The minimum Gasteiger partial charge on any atom is -0.394 e. The summed E-state index contributed by atoms with van der Waals surface area (Å²) < 4.78 is 11.1. The van der Waals surface area contributed by atoms with Crippen molar-refractivity contribution in [1.82, 2.24) is 5.32 Å². The molecule has 7 atom stereocenters. The largest absolute Gasteiger partial charge is 0.394 e. The van der Waals surface area contributed by atoms with E-state index in [1.807, 2.05) is 0 Å². The van der Waals surface area contributed by atoms with Gasteiger partial charge in [0.25, 0.3) is 0 Å². The molecule has 7 unspecified atom stereocenters. The molecule has 1 amide bonds. The fraction of sp³-hybridized carbons (Fsp3) is 0.804. The predicted octanol–water partition coefficient (Wildman–Crippen LogP) is 9.06. The molecule has 0 aromatic heterocycles. The number of nitrogens with one attached hydrogen (secondary N) is 1. The Labute approximate surface area is 335 Å². The van der Waals surface area contributed by atoms with Gasteiger partial charge in [0, 0.05) is 6.42 Å². The fourth-order valence-corrected chi connectivity index (χ4v) is 6.86. The number of aliphatic hydroxyl groups is 5. The van der Waals surface area contributed by atoms with Crippen molar-refractivity contribution in [3.8, 4) is 0 Å². The molecule has 1 aliphatic heterocycles. The van der Waals surface area contributed by atoms with Crippen molar-refractivity contribution in [3.05, 3.63) is 48.6 Å². The molecular formula is C46H83NO8. The number of ether oxygens (including phenoxy) is 2. The van der Waals surface area contributed by atoms with E-state index in [9.17, 15) is 30.3 Å². The second kappa shape index (κ2) is 36.5. The van der Waals surface area contributed by atoms with E-state index in [1.54, 1.807) is 0 Å². The second-order valence-corrected chi connectivity index (χ2v) is 15.5. The predicted molar refractivity (Wildman–Crippen MR) is 226 cm³/mol. The Bertz CT molecular complexity index is 998. The van der Waals surface area contributed by atoms with Gasteiger partial charge in [-0.15, -0.1) is 0 Å². The van der Waals surface area contributed by atoms with Crippen LogP contribution in [0.3, 0.4) is 0 Å². The molecule has 0 bridgehead atoms. The Kier molecular flexibility index (Phi) is 33.9. The van der Waals surface area contributed by atoms with Crippen LogP contribution in [0.2, 0.25) is 0 Å². The maximum absolute atomic E-state index is 12.8. The van der Waals surface area contributed by atoms with Gasteiger partial charge in [-0.25, -0.2) is 0 Å². The van der Waals surface area contributed by atoms with Crippen LogP contribution in [0.25, 0.3) is 0 Å². The lowest BCUT2D eigenvalue weighted by atomic mass is 9.99. The zero-order valence-corrected chi connectivity index (χ0v) is 34.9. The molecule has 0 saturated carbocycles. The Balaban J connectivity index is 2.03. The second-order valence-electron chi connectivity index (χ2n) is 15.5. The van der Waals surface area contributed by atoms with Crippen molar-refractivity contribution in [2.45, 2.75) is 224 Å². The van der Waals surface area contributed by atoms with E-state index in [4.69, 9.17) is 9.47 Å². The van der Waals surface area contributed by atoms with Gasteiger partial charge in [-0.3, -0.25) is 4.79 Å². The van der Waals surface area contributed by atoms with E-state index in [0.717, 1.165) is 64.2 Å². The van der Waals surface area contributed by atoms with Gasteiger partial charge in [0.15, 0.2) is 6.29 Å². The lowest BCUT2D eigenvalue weighted by Gasteiger charge is -2.40. The van der Waals surface area contributed by atoms with E-state index >= 15 is 0 Å². The van der Waals surface area contributed by atoms with Crippen LogP contribution in [0.15, 0.2) is 48.6 Å². The minimum atomic E-state index is -1.55. The van der Waals surface area contributed by atoms with Gasteiger partial charge in [0.1, 0.15) is 24.4 Å². The van der Waals surface area contributed by atoms with Gasteiger partial charge in [-0.2, -0.15) is 0 Å². The van der Waals surface area contributed by atoms with Gasteiger partial charge in [0.2, 0.25) is 5.91 Å². The smallest absolute Gasteiger partial charge is 0.220 e. The molecule has 0 spiro atoms. The van der Waals surface area contributed by atoms with Crippen LogP contribution in [0.5, 0.6) is 0 Å². The number of allylic oxidation sites excluding steroid dienone is 8. The summed E-state index contributed by atoms with van der Waals surface area (Å²) in [6, 6.07) is -0.714. The summed E-state index contributed by atoms with van der Waals surface area (Å²) in [5.41, 5.74) is 0. The monoisotopic (exact) mass is 778 g/mol. The molecule has 1 saturated heterocycles. The molecule has 6 N–H and O–H groups in total. The molecule has 320 valence electrons. The van der Waals surface area contributed by atoms with Crippen molar-refractivity contribution in [2.75, 3.05) is 13.2 Å². The molecule has 1 heterocycles. The first-order valence-electron chi connectivity index (χ1n) is 22.3. The molecule has 0 aliphatic carbocycles. The highest BCUT2D eigenvalue weighted by Crippen LogP contribution is 2.23. The summed E-state index contributed by atoms with van der Waals surface area (Å²) in [5, 5.41) is 53.5. The summed E-state index contributed by atoms with van der Waals surface area (Å²) in [5.74, 6) is -0.158. The zero-order valence-electron chi connectivity index (χ0n) is 34.9. The third-order valence-corrected chi connectivity index (χ3v) is 10.4. The lowest BCUT2D eigenvalue weighted by Crippen LogP contribution is -2.60. The zero-order chi connectivity index (χ0) is 40.2. The Morgan fingerprint density at radius 1 is 0.636 bits per heavy atom. The van der Waals surface area contributed by atoms with Crippen molar-refractivity contribution in [2.24, 2.45) is 0 Å². The number of unbranched alkanes of at least 4 members (excludes halogenated alkanes) is 18. The lowest BCUT2D eigenvalue weighted by molar-refractivity contribution is -0.302. The third kappa shape index (κ3) is 27.4. The Morgan fingerprint density at radius 3 is 1.64 bits per heavy atom. The summed E-state index contributed by atoms with van der Waals surface area (Å²) in [6.07, 6.45) is 39.4. The number of hydrogen-bond acceptors (Lipinski definition) is 8. The van der Waals surface area contributed by atoms with Crippen LogP contribution in [0.1, 0.15) is 181 Å². The Morgan fingerprint density at radius 2 is 1.13 bits per heavy atom. The summed E-state index contributed by atoms with van der Waals surface area (Å²) in [4.78, 5) is 12.8. The van der Waals surface area contributed by atoms with Crippen LogP contribution in [0, 0.1) is 0 Å². The van der Waals surface area contributed by atoms with Crippen molar-refractivity contribution in [3.63, 3.8) is 0 Å². The molecule has 1 rings (SSSR count).